The lowest BCUT2D eigenvalue weighted by molar-refractivity contribution is -0.122. The van der Waals surface area contributed by atoms with Crippen LogP contribution in [0.2, 0.25) is 0 Å². The van der Waals surface area contributed by atoms with Crippen LogP contribution in [0.3, 0.4) is 0 Å². The van der Waals surface area contributed by atoms with Gasteiger partial charge in [-0.05, 0) is 41.7 Å². The third-order valence-corrected chi connectivity index (χ3v) is 3.91. The second kappa shape index (κ2) is 6.56. The molecule has 1 atom stereocenters. The summed E-state index contributed by atoms with van der Waals surface area (Å²) in [5.74, 6) is -0.0743. The SMILES string of the molecule is CN(Cc1ccsc1)C(=O)N[C@@H]1CCCCNC1=O. The van der Waals surface area contributed by atoms with Gasteiger partial charge in [0.05, 0.1) is 0 Å². The van der Waals surface area contributed by atoms with Crippen LogP contribution >= 0.6 is 11.3 Å². The van der Waals surface area contributed by atoms with Crippen LogP contribution in [-0.2, 0) is 11.3 Å². The van der Waals surface area contributed by atoms with E-state index in [1.54, 1.807) is 23.3 Å². The third kappa shape index (κ3) is 3.96. The maximum atomic E-state index is 12.0. The molecule has 6 heteroatoms. The second-order valence-corrected chi connectivity index (χ2v) is 5.56. The molecule has 1 aliphatic rings. The van der Waals surface area contributed by atoms with E-state index >= 15 is 0 Å². The van der Waals surface area contributed by atoms with E-state index in [1.807, 2.05) is 16.8 Å². The van der Waals surface area contributed by atoms with Gasteiger partial charge in [-0.2, -0.15) is 11.3 Å². The quantitative estimate of drug-likeness (QED) is 0.883. The predicted molar refractivity (Wildman–Crippen MR) is 75.0 cm³/mol. The first kappa shape index (κ1) is 13.9. The van der Waals surface area contributed by atoms with Crippen molar-refractivity contribution < 1.29 is 9.59 Å². The number of nitrogens with zero attached hydrogens (tertiary/aromatic N) is 1. The molecule has 2 heterocycles. The first-order valence-electron chi connectivity index (χ1n) is 6.47. The summed E-state index contributed by atoms with van der Waals surface area (Å²) in [6, 6.07) is 1.39. The molecule has 0 unspecified atom stereocenters. The molecular weight excluding hydrogens is 262 g/mol. The summed E-state index contributed by atoms with van der Waals surface area (Å²) in [6.45, 7) is 1.26. The molecule has 3 amide bonds. The van der Waals surface area contributed by atoms with Crippen molar-refractivity contribution in [3.05, 3.63) is 22.4 Å². The summed E-state index contributed by atoms with van der Waals surface area (Å²) in [5.41, 5.74) is 1.10. The molecule has 0 radical (unpaired) electrons. The fraction of sp³-hybridized carbons (Fsp3) is 0.538. The van der Waals surface area contributed by atoms with Crippen LogP contribution in [0.4, 0.5) is 4.79 Å². The first-order valence-corrected chi connectivity index (χ1v) is 7.41. The lowest BCUT2D eigenvalue weighted by Gasteiger charge is -2.21. The fourth-order valence-corrected chi connectivity index (χ4v) is 2.72. The average molecular weight is 281 g/mol. The van der Waals surface area contributed by atoms with Gasteiger partial charge in [-0.3, -0.25) is 4.79 Å². The molecule has 1 aromatic heterocycles. The van der Waals surface area contributed by atoms with Gasteiger partial charge < -0.3 is 15.5 Å². The Morgan fingerprint density at radius 2 is 2.42 bits per heavy atom. The molecule has 0 bridgehead atoms. The van der Waals surface area contributed by atoms with E-state index in [9.17, 15) is 9.59 Å². The van der Waals surface area contributed by atoms with Crippen LogP contribution in [0.15, 0.2) is 16.8 Å². The monoisotopic (exact) mass is 281 g/mol. The molecule has 5 nitrogen and oxygen atoms in total. The summed E-state index contributed by atoms with van der Waals surface area (Å²) in [4.78, 5) is 25.4. The summed E-state index contributed by atoms with van der Waals surface area (Å²) in [5, 5.41) is 9.62. The van der Waals surface area contributed by atoms with Gasteiger partial charge in [0.25, 0.3) is 0 Å². The normalized spacial score (nSPS) is 19.4. The van der Waals surface area contributed by atoms with Gasteiger partial charge in [-0.1, -0.05) is 0 Å². The molecule has 1 aliphatic heterocycles. The van der Waals surface area contributed by atoms with E-state index in [4.69, 9.17) is 0 Å². The number of rotatable bonds is 3. The molecule has 0 aromatic carbocycles. The molecule has 19 heavy (non-hydrogen) atoms. The summed E-state index contributed by atoms with van der Waals surface area (Å²) >= 11 is 1.61. The molecular formula is C13H19N3O2S. The van der Waals surface area contributed by atoms with E-state index in [2.05, 4.69) is 10.6 Å². The van der Waals surface area contributed by atoms with Crippen LogP contribution in [0.5, 0.6) is 0 Å². The minimum Gasteiger partial charge on any atom is -0.354 e. The maximum absolute atomic E-state index is 12.0. The first-order chi connectivity index (χ1) is 9.16. The molecule has 104 valence electrons. The number of nitrogens with one attached hydrogen (secondary N) is 2. The van der Waals surface area contributed by atoms with E-state index in [0.29, 0.717) is 19.5 Å². The Hall–Kier alpha value is -1.56. The summed E-state index contributed by atoms with van der Waals surface area (Å²) in [7, 11) is 1.74. The number of amides is 3. The highest BCUT2D eigenvalue weighted by atomic mass is 32.1. The van der Waals surface area contributed by atoms with Crippen LogP contribution in [0.25, 0.3) is 0 Å². The van der Waals surface area contributed by atoms with E-state index in [0.717, 1.165) is 18.4 Å². The Bertz CT molecular complexity index is 433. The molecule has 1 saturated heterocycles. The topological polar surface area (TPSA) is 61.4 Å². The number of carbonyl (C=O) groups is 2. The number of hydrogen-bond donors (Lipinski definition) is 2. The van der Waals surface area contributed by atoms with Gasteiger partial charge in [-0.25, -0.2) is 4.79 Å². The summed E-state index contributed by atoms with van der Waals surface area (Å²) < 4.78 is 0. The fourth-order valence-electron chi connectivity index (χ4n) is 2.06. The van der Waals surface area contributed by atoms with E-state index in [-0.39, 0.29) is 11.9 Å². The molecule has 2 rings (SSSR count). The zero-order valence-electron chi connectivity index (χ0n) is 11.0. The lowest BCUT2D eigenvalue weighted by atomic mass is 10.1. The Labute approximate surface area is 117 Å². The van der Waals surface area contributed by atoms with Crippen LogP contribution in [0.1, 0.15) is 24.8 Å². The highest BCUT2D eigenvalue weighted by Gasteiger charge is 2.23. The molecule has 0 aliphatic carbocycles. The number of hydrogen-bond acceptors (Lipinski definition) is 3. The predicted octanol–water partition coefficient (Wildman–Crippen LogP) is 1.56. The van der Waals surface area contributed by atoms with Gasteiger partial charge in [0.1, 0.15) is 6.04 Å². The largest absolute Gasteiger partial charge is 0.354 e. The van der Waals surface area contributed by atoms with Crippen molar-refractivity contribution in [3.63, 3.8) is 0 Å². The smallest absolute Gasteiger partial charge is 0.318 e. The van der Waals surface area contributed by atoms with Crippen molar-refractivity contribution in [2.24, 2.45) is 0 Å². The minimum absolute atomic E-state index is 0.0743. The number of urea groups is 1. The zero-order valence-corrected chi connectivity index (χ0v) is 11.8. The van der Waals surface area contributed by atoms with Crippen molar-refractivity contribution in [3.8, 4) is 0 Å². The molecule has 0 spiro atoms. The van der Waals surface area contributed by atoms with Crippen LogP contribution in [-0.4, -0.2) is 36.5 Å². The Morgan fingerprint density at radius 3 is 3.16 bits per heavy atom. The second-order valence-electron chi connectivity index (χ2n) is 4.78. The Morgan fingerprint density at radius 1 is 1.58 bits per heavy atom. The van der Waals surface area contributed by atoms with Crippen molar-refractivity contribution in [1.82, 2.24) is 15.5 Å². The molecule has 1 fully saturated rings. The number of thiophene rings is 1. The molecule has 2 N–H and O–H groups in total. The minimum atomic E-state index is -0.403. The lowest BCUT2D eigenvalue weighted by Crippen LogP contribution is -2.49. The van der Waals surface area contributed by atoms with E-state index in [1.165, 1.54) is 0 Å². The van der Waals surface area contributed by atoms with Crippen molar-refractivity contribution in [2.75, 3.05) is 13.6 Å². The van der Waals surface area contributed by atoms with Gasteiger partial charge in [0.15, 0.2) is 0 Å². The van der Waals surface area contributed by atoms with Crippen LogP contribution < -0.4 is 10.6 Å². The Balaban J connectivity index is 1.86. The van der Waals surface area contributed by atoms with Crippen molar-refractivity contribution in [1.29, 1.82) is 0 Å². The van der Waals surface area contributed by atoms with Gasteiger partial charge in [0.2, 0.25) is 5.91 Å². The van der Waals surface area contributed by atoms with Crippen molar-refractivity contribution >= 4 is 23.3 Å². The summed E-state index contributed by atoms with van der Waals surface area (Å²) in [6.07, 6.45) is 2.64. The average Bonchev–Trinajstić information content (AvgIpc) is 2.81. The van der Waals surface area contributed by atoms with Crippen molar-refractivity contribution in [2.45, 2.75) is 31.8 Å². The number of carbonyl (C=O) groups excluding carboxylic acids is 2. The Kier molecular flexibility index (Phi) is 4.79. The highest BCUT2D eigenvalue weighted by molar-refractivity contribution is 7.07. The maximum Gasteiger partial charge on any atom is 0.318 e. The van der Waals surface area contributed by atoms with E-state index < -0.39 is 6.04 Å². The highest BCUT2D eigenvalue weighted by Crippen LogP contribution is 2.09. The zero-order chi connectivity index (χ0) is 13.7. The van der Waals surface area contributed by atoms with Gasteiger partial charge in [-0.15, -0.1) is 0 Å². The van der Waals surface area contributed by atoms with Gasteiger partial charge in [0, 0.05) is 20.1 Å². The molecule has 1 aromatic rings. The van der Waals surface area contributed by atoms with Crippen LogP contribution in [0, 0.1) is 0 Å². The third-order valence-electron chi connectivity index (χ3n) is 3.18. The molecule has 0 saturated carbocycles. The van der Waals surface area contributed by atoms with Gasteiger partial charge >= 0.3 is 6.03 Å². The standard InChI is InChI=1S/C13H19N3O2S/c1-16(8-10-5-7-19-9-10)13(18)15-11-4-2-3-6-14-12(11)17/h5,7,9,11H,2-4,6,8H2,1H3,(H,14,17)(H,15,18)/t11-/m1/s1.